The van der Waals surface area contributed by atoms with Crippen LogP contribution in [0.5, 0.6) is 0 Å². The lowest BCUT2D eigenvalue weighted by atomic mass is 9.86. The number of alkyl halides is 3. The van der Waals surface area contributed by atoms with Gasteiger partial charge in [-0.25, -0.2) is 19.9 Å². The lowest BCUT2D eigenvalue weighted by molar-refractivity contribution is -0.384. The van der Waals surface area contributed by atoms with Gasteiger partial charge in [0.25, 0.3) is 0 Å². The van der Waals surface area contributed by atoms with E-state index in [-0.39, 0.29) is 124 Å². The molecule has 118 heavy (non-hydrogen) atoms. The monoisotopic (exact) mass is 1650 g/mol. The van der Waals surface area contributed by atoms with Gasteiger partial charge in [0.05, 0.1) is 36.3 Å². The quantitative estimate of drug-likeness (QED) is 0.0147. The maximum atomic E-state index is 13.1. The van der Waals surface area contributed by atoms with Crippen molar-refractivity contribution in [2.24, 2.45) is 46.6 Å². The van der Waals surface area contributed by atoms with Gasteiger partial charge in [0.1, 0.15) is 24.8 Å². The van der Waals surface area contributed by atoms with E-state index >= 15 is 0 Å². The lowest BCUT2D eigenvalue weighted by Crippen LogP contribution is -2.29. The molecule has 13 rings (SSSR count). The van der Waals surface area contributed by atoms with E-state index in [1.54, 1.807) is 12.3 Å². The molecule has 2 aromatic carbocycles. The topological polar surface area (TPSA) is 555 Å². The van der Waals surface area contributed by atoms with Gasteiger partial charge in [-0.1, -0.05) is 72.3 Å². The van der Waals surface area contributed by atoms with Crippen LogP contribution in [-0.2, 0) is 32.2 Å². The lowest BCUT2D eigenvalue weighted by Gasteiger charge is -2.26. The summed E-state index contributed by atoms with van der Waals surface area (Å²) in [6.45, 7) is 2.63. The van der Waals surface area contributed by atoms with Gasteiger partial charge in [-0.2, -0.15) is 33.1 Å². The van der Waals surface area contributed by atoms with E-state index in [2.05, 4.69) is 122 Å². The van der Waals surface area contributed by atoms with E-state index in [1.807, 2.05) is 36.4 Å². The average Bonchev–Trinajstić information content (AvgIpc) is 0.826. The second kappa shape index (κ2) is 43.6. The Balaban J connectivity index is 0.000000166. The highest BCUT2D eigenvalue weighted by atomic mass is 35.5. The highest BCUT2D eigenvalue weighted by Crippen LogP contribution is 2.35. The summed E-state index contributed by atoms with van der Waals surface area (Å²) < 4.78 is 39.3. The van der Waals surface area contributed by atoms with E-state index in [0.29, 0.717) is 72.9 Å². The number of nitrogens with zero attached hydrogens (tertiary/aromatic N) is 13. The molecule has 4 aliphatic rings. The number of hydrogen-bond acceptors (Lipinski definition) is 31. The van der Waals surface area contributed by atoms with Crippen molar-refractivity contribution in [3.63, 3.8) is 0 Å². The molecule has 1 atom stereocenters. The number of anilines is 8. The van der Waals surface area contributed by atoms with Crippen LogP contribution in [-0.4, -0.2) is 125 Å². The minimum Gasteiger partial charge on any atom is -0.364 e. The number of nitrogens with one attached hydrogen (secondary N) is 10. The Labute approximate surface area is 680 Å². The summed E-state index contributed by atoms with van der Waals surface area (Å²) in [6.07, 6.45) is 21.5. The molecule has 9 aromatic rings. The first-order chi connectivity index (χ1) is 56.7. The van der Waals surface area contributed by atoms with Gasteiger partial charge in [-0.3, -0.25) is 55.0 Å². The smallest absolute Gasteiger partial charge is 0.364 e. The Morgan fingerprint density at radius 1 is 0.449 bits per heavy atom. The highest BCUT2D eigenvalue weighted by molar-refractivity contribution is 6.31. The minimum atomic E-state index is -4.52. The number of aromatic nitrogens is 11. The number of nitrogens with two attached hydrogens (primary N) is 4. The molecule has 0 radical (unpaired) electrons. The maximum Gasteiger partial charge on any atom is 0.416 e. The van der Waals surface area contributed by atoms with Crippen LogP contribution in [0, 0.1) is 64.1 Å². The number of rotatable bonds is 30. The molecule has 7 heterocycles. The zero-order valence-electron chi connectivity index (χ0n) is 64.6. The molecule has 1 unspecified atom stereocenters. The van der Waals surface area contributed by atoms with Crippen LogP contribution >= 0.6 is 11.6 Å². The number of benzene rings is 2. The first kappa shape index (κ1) is 88.1. The normalized spacial score (nSPS) is 19.2. The van der Waals surface area contributed by atoms with Gasteiger partial charge in [0, 0.05) is 112 Å². The van der Waals surface area contributed by atoms with Gasteiger partial charge >= 0.3 is 28.9 Å². The standard InChI is InChI=1S/C25H30N6O2.C18H22F3N7O2.C17H22ClN7O3.C17H23N7O3/c26-21-13-11-19(12-14-21)16-27-24-23(31(32)33)17-28-25(30-24)29-22(20-9-5-2-6-10-20)15-18-7-3-1-4-8-18;19-18(20,21)14-5-6-23-8-12(14)9-25-17-26-10-15(28(29)30)16(27-17)24-7-11-1-3-13(22)4-2-11;18-13-8-20-15(26)5-11(13)7-22-17-23-9-14(25(27)28)16(24-17)21-6-10-1-3-12(19)4-2-10;18-13-3-1-11(2-4-13)8-20-16-14(24(26)27)10-22-17(23-16)21-9-12-5-6-19-15(25)7-12/h1-10,17,19,21-22H,11-16,26H2,(H2,27,28,29,30);5-6,8,10-11,13H,1-4,7,9,22H2,(H2,24,25,26,27);5,8-10,12H,1-4,6-7,19H2,(H,20,26)(H2,21,22,23,24);5-7,10-11,13H,1-4,8-9,18H2,(H,19,25)(H2,20,21,22,23). The molecule has 0 saturated heterocycles. The number of aromatic amines is 2. The molecule has 4 saturated carbocycles. The number of H-pyrrole nitrogens is 2. The fourth-order valence-corrected chi connectivity index (χ4v) is 14.1. The van der Waals surface area contributed by atoms with Crippen LogP contribution in [0.25, 0.3) is 0 Å². The molecule has 0 amide bonds. The molecule has 628 valence electrons. The molecule has 4 aliphatic carbocycles. The molecule has 37 nitrogen and oxygen atoms in total. The van der Waals surface area contributed by atoms with E-state index in [9.17, 15) is 63.2 Å². The first-order valence-electron chi connectivity index (χ1n) is 38.9. The van der Waals surface area contributed by atoms with Gasteiger partial charge in [0.15, 0.2) is 0 Å². The van der Waals surface area contributed by atoms with Crippen molar-refractivity contribution in [2.45, 2.75) is 165 Å². The van der Waals surface area contributed by atoms with Crippen LogP contribution in [0.4, 0.5) is 83.0 Å². The number of nitro groups is 4. The van der Waals surface area contributed by atoms with Crippen molar-refractivity contribution >= 4 is 81.4 Å². The van der Waals surface area contributed by atoms with Crippen molar-refractivity contribution in [1.82, 2.24) is 54.8 Å². The van der Waals surface area contributed by atoms with E-state index in [1.165, 1.54) is 36.3 Å². The molecule has 0 bridgehead atoms. The Morgan fingerprint density at radius 2 is 0.822 bits per heavy atom. The fourth-order valence-electron chi connectivity index (χ4n) is 14.0. The molecule has 0 aliphatic heterocycles. The van der Waals surface area contributed by atoms with Crippen molar-refractivity contribution < 1.29 is 32.9 Å². The summed E-state index contributed by atoms with van der Waals surface area (Å²) in [4.78, 5) is 108. The summed E-state index contributed by atoms with van der Waals surface area (Å²) in [7, 11) is 0. The molecular weight excluding hydrogens is 1560 g/mol. The molecule has 0 spiro atoms. The first-order valence-corrected chi connectivity index (χ1v) is 39.3. The van der Waals surface area contributed by atoms with Gasteiger partial charge in [-0.15, -0.1) is 0 Å². The van der Waals surface area contributed by atoms with E-state index < -0.39 is 31.4 Å². The fraction of sp³-hybridized carbons (Fsp3) is 0.442. The van der Waals surface area contributed by atoms with Crippen LogP contribution < -0.4 is 76.6 Å². The zero-order chi connectivity index (χ0) is 84.1. The zero-order valence-corrected chi connectivity index (χ0v) is 65.3. The Kier molecular flexibility index (Phi) is 32.6. The van der Waals surface area contributed by atoms with Gasteiger partial charge in [0.2, 0.25) is 58.2 Å². The second-order valence-corrected chi connectivity index (χ2v) is 29.9. The summed E-state index contributed by atoms with van der Waals surface area (Å²) in [6, 6.07) is 26.6. The van der Waals surface area contributed by atoms with Gasteiger partial charge in [-0.05, 0) is 167 Å². The number of hydrogen-bond donors (Lipinski definition) is 14. The maximum absolute atomic E-state index is 13.1. The SMILES string of the molecule is NC1CCC(CNc2nc(NC(Cc3ccccc3)c3ccccc3)ncc2[N+](=O)[O-])CC1.NC1CCC(CNc2nc(NCc3cc(=O)[nH]cc3Cl)ncc2[N+](=O)[O-])CC1.NC1CCC(CNc2nc(NCc3cc[nH]c(=O)c3)ncc2[N+](=O)[O-])CC1.NC1CCC(CNc2nc(NCc3cnccc3C(F)(F)F)ncc2[N+](=O)[O-])CC1. The van der Waals surface area contributed by atoms with Gasteiger partial charge < -0.3 is 75.4 Å². The Hall–Kier alpha value is -12.3. The third kappa shape index (κ3) is 27.7. The molecular formula is C77H97ClF3N27O10. The van der Waals surface area contributed by atoms with Crippen LogP contribution in [0.15, 0.2) is 144 Å². The van der Waals surface area contributed by atoms with Crippen molar-refractivity contribution in [2.75, 3.05) is 68.7 Å². The molecule has 18 N–H and O–H groups in total. The van der Waals surface area contributed by atoms with Crippen LogP contribution in [0.1, 0.15) is 142 Å². The third-order valence-electron chi connectivity index (χ3n) is 20.8. The highest BCUT2D eigenvalue weighted by Gasteiger charge is 2.34. The summed E-state index contributed by atoms with van der Waals surface area (Å²) >= 11 is 6.04. The predicted molar refractivity (Wildman–Crippen MR) is 442 cm³/mol. The van der Waals surface area contributed by atoms with Crippen molar-refractivity contribution in [1.29, 1.82) is 0 Å². The Bertz CT molecular complexity index is 4880. The number of halogens is 4. The predicted octanol–water partition coefficient (Wildman–Crippen LogP) is 11.9. The summed E-state index contributed by atoms with van der Waals surface area (Å²) in [5, 5.41) is 70.1. The van der Waals surface area contributed by atoms with E-state index in [0.717, 1.165) is 151 Å². The van der Waals surface area contributed by atoms with Crippen LogP contribution in [0.3, 0.4) is 0 Å². The minimum absolute atomic E-state index is 0.0225. The Morgan fingerprint density at radius 3 is 1.22 bits per heavy atom. The van der Waals surface area contributed by atoms with Crippen molar-refractivity contribution in [3.05, 3.63) is 234 Å². The summed E-state index contributed by atoms with van der Waals surface area (Å²) in [5.74, 6) is 3.01. The van der Waals surface area contributed by atoms with Crippen molar-refractivity contribution in [3.8, 4) is 0 Å². The molecule has 7 aromatic heterocycles. The molecule has 4 fully saturated rings. The summed E-state index contributed by atoms with van der Waals surface area (Å²) in [5.41, 5.74) is 25.2. The van der Waals surface area contributed by atoms with E-state index in [4.69, 9.17) is 34.5 Å². The largest absolute Gasteiger partial charge is 0.416 e. The third-order valence-corrected chi connectivity index (χ3v) is 21.1. The number of pyridine rings is 3. The molecule has 41 heteroatoms. The second-order valence-electron chi connectivity index (χ2n) is 29.5. The van der Waals surface area contributed by atoms with Crippen LogP contribution in [0.2, 0.25) is 5.02 Å². The average molecular weight is 1650 g/mol.